The Morgan fingerprint density at radius 3 is 2.32 bits per heavy atom. The Hall–Kier alpha value is -4.27. The molecule has 37 heavy (non-hydrogen) atoms. The number of aromatic nitrogens is 3. The fourth-order valence-corrected chi connectivity index (χ4v) is 5.61. The first-order chi connectivity index (χ1) is 17.8. The molecule has 0 fully saturated rings. The third-order valence-electron chi connectivity index (χ3n) is 7.14. The number of fused-ring (bicyclic) bond motifs is 6. The van der Waals surface area contributed by atoms with Crippen LogP contribution in [0, 0.1) is 6.07 Å². The standard InChI is InChI=1S/C32H18N3O.Pt/c36-28-13-6-12-27-30(28)31-29-21(14-15-23-22-9-1-2-11-26(22)35(27)32(23)29)18-25(34-31)20-8-5-7-19(17-20)24-10-3-4-16-33-24;/h1-16,18,36H;/q-1;. The van der Waals surface area contributed by atoms with Gasteiger partial charge in [0, 0.05) is 54.8 Å². The number of para-hydroxylation sites is 1. The van der Waals surface area contributed by atoms with E-state index in [9.17, 15) is 5.11 Å². The number of benzene rings is 4. The van der Waals surface area contributed by atoms with Crippen LogP contribution in [0.4, 0.5) is 0 Å². The van der Waals surface area contributed by atoms with E-state index in [1.165, 1.54) is 10.8 Å². The molecule has 1 N–H and O–H groups in total. The first-order valence-corrected chi connectivity index (χ1v) is 11.9. The van der Waals surface area contributed by atoms with Gasteiger partial charge in [-0.25, -0.2) is 0 Å². The van der Waals surface area contributed by atoms with Crippen LogP contribution < -0.4 is 0 Å². The molecule has 4 heterocycles. The number of hydrogen-bond donors (Lipinski definition) is 1. The average molecular weight is 656 g/mol. The second kappa shape index (κ2) is 8.12. The first-order valence-electron chi connectivity index (χ1n) is 11.9. The van der Waals surface area contributed by atoms with Gasteiger partial charge in [-0.3, -0.25) is 9.97 Å². The number of pyridine rings is 3. The second-order valence-corrected chi connectivity index (χ2v) is 9.13. The summed E-state index contributed by atoms with van der Waals surface area (Å²) in [6.45, 7) is 0. The largest absolute Gasteiger partial charge is 0.507 e. The van der Waals surface area contributed by atoms with Gasteiger partial charge in [-0.2, -0.15) is 0 Å². The number of nitrogens with zero attached hydrogens (tertiary/aromatic N) is 3. The summed E-state index contributed by atoms with van der Waals surface area (Å²) in [7, 11) is 0. The summed E-state index contributed by atoms with van der Waals surface area (Å²) >= 11 is 0. The van der Waals surface area contributed by atoms with Gasteiger partial charge < -0.3 is 9.51 Å². The van der Waals surface area contributed by atoms with Crippen LogP contribution in [0.5, 0.6) is 5.75 Å². The fraction of sp³-hybridized carbons (Fsp3) is 0. The van der Waals surface area contributed by atoms with Crippen LogP contribution >= 0.6 is 0 Å². The Bertz CT molecular complexity index is 2120. The van der Waals surface area contributed by atoms with E-state index in [2.05, 4.69) is 64.0 Å². The Morgan fingerprint density at radius 2 is 1.46 bits per heavy atom. The maximum absolute atomic E-state index is 11.1. The van der Waals surface area contributed by atoms with Crippen molar-refractivity contribution in [2.75, 3.05) is 0 Å². The summed E-state index contributed by atoms with van der Waals surface area (Å²) in [4.78, 5) is 9.65. The van der Waals surface area contributed by atoms with Crippen LogP contribution in [-0.4, -0.2) is 19.5 Å². The Labute approximate surface area is 226 Å². The minimum atomic E-state index is 0. The van der Waals surface area contributed by atoms with Gasteiger partial charge in [0.15, 0.2) is 0 Å². The van der Waals surface area contributed by atoms with Crippen LogP contribution in [0.3, 0.4) is 0 Å². The molecule has 8 aromatic rings. The predicted molar refractivity (Wildman–Crippen MR) is 146 cm³/mol. The van der Waals surface area contributed by atoms with Gasteiger partial charge >= 0.3 is 0 Å². The molecule has 0 aliphatic carbocycles. The normalized spacial score (nSPS) is 11.7. The van der Waals surface area contributed by atoms with E-state index in [-0.39, 0.29) is 26.8 Å². The maximum atomic E-state index is 11.1. The van der Waals surface area contributed by atoms with E-state index in [1.54, 1.807) is 12.3 Å². The molecule has 0 saturated carbocycles. The molecule has 0 radical (unpaired) electrons. The Kier molecular flexibility index (Phi) is 4.82. The topological polar surface area (TPSA) is 50.4 Å². The van der Waals surface area contributed by atoms with Gasteiger partial charge in [-0.15, -0.1) is 24.3 Å². The number of aromatic hydroxyl groups is 1. The average Bonchev–Trinajstić information content (AvgIpc) is 3.28. The zero-order valence-electron chi connectivity index (χ0n) is 19.4. The third-order valence-corrected chi connectivity index (χ3v) is 7.14. The van der Waals surface area contributed by atoms with E-state index in [4.69, 9.17) is 4.98 Å². The first kappa shape index (κ1) is 22.0. The Balaban J connectivity index is 0.00000231. The molecular formula is C32H18N3OPt-. The molecule has 0 saturated heterocycles. The monoisotopic (exact) mass is 655 g/mol. The summed E-state index contributed by atoms with van der Waals surface area (Å²) in [6.07, 6.45) is 1.79. The van der Waals surface area contributed by atoms with Crippen molar-refractivity contribution in [3.63, 3.8) is 0 Å². The van der Waals surface area contributed by atoms with Crippen molar-refractivity contribution < 1.29 is 26.2 Å². The van der Waals surface area contributed by atoms with Crippen molar-refractivity contribution in [1.82, 2.24) is 14.4 Å². The van der Waals surface area contributed by atoms with Gasteiger partial charge in [0.2, 0.25) is 0 Å². The molecular weight excluding hydrogens is 637 g/mol. The summed E-state index contributed by atoms with van der Waals surface area (Å²) in [5, 5.41) is 16.4. The van der Waals surface area contributed by atoms with Gasteiger partial charge in [-0.1, -0.05) is 65.7 Å². The molecule has 0 unspecified atom stereocenters. The van der Waals surface area contributed by atoms with Crippen molar-refractivity contribution in [3.05, 3.63) is 109 Å². The second-order valence-electron chi connectivity index (χ2n) is 9.13. The molecule has 4 nitrogen and oxygen atoms in total. The molecule has 5 heteroatoms. The summed E-state index contributed by atoms with van der Waals surface area (Å²) in [5.74, 6) is 0.227. The quantitative estimate of drug-likeness (QED) is 0.119. The van der Waals surface area contributed by atoms with E-state index >= 15 is 0 Å². The molecule has 178 valence electrons. The van der Waals surface area contributed by atoms with E-state index in [0.717, 1.165) is 60.7 Å². The minimum absolute atomic E-state index is 0. The molecule has 8 rings (SSSR count). The van der Waals surface area contributed by atoms with Gasteiger partial charge in [0.25, 0.3) is 0 Å². The van der Waals surface area contributed by atoms with E-state index in [0.29, 0.717) is 0 Å². The molecule has 4 aromatic heterocycles. The third kappa shape index (κ3) is 3.06. The molecule has 0 aliphatic rings. The van der Waals surface area contributed by atoms with Crippen molar-refractivity contribution in [2.24, 2.45) is 0 Å². The van der Waals surface area contributed by atoms with Crippen LogP contribution in [0.15, 0.2) is 103 Å². The van der Waals surface area contributed by atoms with Crippen molar-refractivity contribution >= 4 is 49.0 Å². The number of phenols is 1. The molecule has 0 bridgehead atoms. The fourth-order valence-electron chi connectivity index (χ4n) is 5.61. The summed E-state index contributed by atoms with van der Waals surface area (Å²) in [6, 6.07) is 36.1. The predicted octanol–water partition coefficient (Wildman–Crippen LogP) is 7.62. The van der Waals surface area contributed by atoms with Gasteiger partial charge in [0.05, 0.1) is 27.5 Å². The summed E-state index contributed by atoms with van der Waals surface area (Å²) < 4.78 is 2.27. The van der Waals surface area contributed by atoms with Crippen LogP contribution in [-0.2, 0) is 21.1 Å². The minimum Gasteiger partial charge on any atom is -0.507 e. The van der Waals surface area contributed by atoms with Crippen molar-refractivity contribution in [3.8, 4) is 28.3 Å². The van der Waals surface area contributed by atoms with E-state index in [1.807, 2.05) is 42.5 Å². The van der Waals surface area contributed by atoms with E-state index < -0.39 is 0 Å². The smallest absolute Gasteiger partial charge is 0.127 e. The zero-order chi connectivity index (χ0) is 23.8. The van der Waals surface area contributed by atoms with Crippen LogP contribution in [0.1, 0.15) is 0 Å². The van der Waals surface area contributed by atoms with Gasteiger partial charge in [-0.05, 0) is 29.7 Å². The Morgan fingerprint density at radius 1 is 0.676 bits per heavy atom. The van der Waals surface area contributed by atoms with Crippen LogP contribution in [0.25, 0.3) is 71.5 Å². The maximum Gasteiger partial charge on any atom is 0.127 e. The SMILES string of the molecule is Oc1cccc2c1c1nc(-c3[c-]c(-c4ccccn4)ccc3)cc3ccc4c5ccccc5n2c4c31.[Pt]. The zero-order valence-corrected chi connectivity index (χ0v) is 21.7. The molecule has 0 amide bonds. The molecule has 0 spiro atoms. The number of rotatable bonds is 2. The number of hydrogen-bond acceptors (Lipinski definition) is 3. The molecule has 0 aliphatic heterocycles. The van der Waals surface area contributed by atoms with Crippen molar-refractivity contribution in [2.45, 2.75) is 0 Å². The van der Waals surface area contributed by atoms with Gasteiger partial charge in [0.1, 0.15) is 5.75 Å². The number of phenolic OH excluding ortho intramolecular Hbond substituents is 1. The molecule has 4 aromatic carbocycles. The molecule has 0 atom stereocenters. The summed E-state index contributed by atoms with van der Waals surface area (Å²) in [5.41, 5.74) is 7.49. The van der Waals surface area contributed by atoms with Crippen LogP contribution in [0.2, 0.25) is 0 Å². The van der Waals surface area contributed by atoms with Crippen molar-refractivity contribution in [1.29, 1.82) is 0 Å².